The molecule has 6 heteroatoms. The van der Waals surface area contributed by atoms with Crippen molar-refractivity contribution in [2.75, 3.05) is 11.9 Å². The van der Waals surface area contributed by atoms with E-state index in [4.69, 9.17) is 17.3 Å². The Bertz CT molecular complexity index is 443. The maximum Gasteiger partial charge on any atom is 0.217 e. The third-order valence-electron chi connectivity index (χ3n) is 2.52. The van der Waals surface area contributed by atoms with Crippen molar-refractivity contribution >= 4 is 23.3 Å². The number of aromatic nitrogens is 2. The molecule has 0 aliphatic heterocycles. The summed E-state index contributed by atoms with van der Waals surface area (Å²) in [5.41, 5.74) is 4.93. The maximum atomic E-state index is 10.6. The van der Waals surface area contributed by atoms with Crippen molar-refractivity contribution in [2.24, 2.45) is 5.73 Å². The second-order valence-electron chi connectivity index (χ2n) is 5.50. The Morgan fingerprint density at radius 3 is 2.63 bits per heavy atom. The summed E-state index contributed by atoms with van der Waals surface area (Å²) in [6, 6.07) is 1.70. The first-order valence-corrected chi connectivity index (χ1v) is 6.74. The molecular weight excluding hydrogens is 264 g/mol. The first-order chi connectivity index (χ1) is 8.79. The van der Waals surface area contributed by atoms with Crippen molar-refractivity contribution in [1.29, 1.82) is 0 Å². The van der Waals surface area contributed by atoms with E-state index in [2.05, 4.69) is 15.3 Å². The third kappa shape index (κ3) is 5.87. The van der Waals surface area contributed by atoms with E-state index in [9.17, 15) is 4.79 Å². The molecule has 1 rings (SSSR count). The summed E-state index contributed by atoms with van der Waals surface area (Å²) in [6.07, 6.45) is 2.04. The largest absolute Gasteiger partial charge is 0.370 e. The average molecular weight is 285 g/mol. The Morgan fingerprint density at radius 1 is 1.37 bits per heavy atom. The summed E-state index contributed by atoms with van der Waals surface area (Å²) < 4.78 is 0. The summed E-state index contributed by atoms with van der Waals surface area (Å²) in [6.45, 7) is 6.84. The van der Waals surface area contributed by atoms with Gasteiger partial charge in [-0.1, -0.05) is 32.4 Å². The topological polar surface area (TPSA) is 80.9 Å². The summed E-state index contributed by atoms with van der Waals surface area (Å²) in [4.78, 5) is 19.3. The number of hydrogen-bond donors (Lipinski definition) is 2. The zero-order valence-corrected chi connectivity index (χ0v) is 12.4. The van der Waals surface area contributed by atoms with Gasteiger partial charge in [0.05, 0.1) is 0 Å². The highest BCUT2D eigenvalue weighted by Crippen LogP contribution is 2.22. The predicted molar refractivity (Wildman–Crippen MR) is 77.3 cm³/mol. The average Bonchev–Trinajstić information content (AvgIpc) is 2.26. The van der Waals surface area contributed by atoms with Crippen LogP contribution in [0, 0.1) is 0 Å². The van der Waals surface area contributed by atoms with Gasteiger partial charge in [-0.15, -0.1) is 0 Å². The van der Waals surface area contributed by atoms with E-state index in [1.807, 2.05) is 20.8 Å². The summed E-state index contributed by atoms with van der Waals surface area (Å²) in [5, 5.41) is 3.61. The first-order valence-electron chi connectivity index (χ1n) is 6.36. The highest BCUT2D eigenvalue weighted by molar-refractivity contribution is 6.29. The van der Waals surface area contributed by atoms with E-state index < -0.39 is 0 Å². The molecule has 0 saturated carbocycles. The molecule has 19 heavy (non-hydrogen) atoms. The van der Waals surface area contributed by atoms with Crippen LogP contribution in [-0.4, -0.2) is 22.4 Å². The molecule has 1 aromatic rings. The van der Waals surface area contributed by atoms with Gasteiger partial charge < -0.3 is 11.1 Å². The second kappa shape index (κ2) is 6.70. The number of amides is 1. The number of rotatable bonds is 6. The van der Waals surface area contributed by atoms with Crippen LogP contribution in [0.1, 0.15) is 45.9 Å². The number of unbranched alkanes of at least 4 members (excludes halogenated alkanes) is 1. The summed E-state index contributed by atoms with van der Waals surface area (Å²) >= 11 is 5.99. The van der Waals surface area contributed by atoms with Crippen LogP contribution in [-0.2, 0) is 10.2 Å². The van der Waals surface area contributed by atoms with Gasteiger partial charge >= 0.3 is 0 Å². The number of nitrogens with zero attached hydrogens (tertiary/aromatic N) is 2. The molecule has 0 bridgehead atoms. The van der Waals surface area contributed by atoms with E-state index in [1.165, 1.54) is 0 Å². The molecule has 0 radical (unpaired) electrons. The van der Waals surface area contributed by atoms with Gasteiger partial charge in [0.2, 0.25) is 5.91 Å². The van der Waals surface area contributed by atoms with Gasteiger partial charge in [-0.2, -0.15) is 0 Å². The molecule has 3 N–H and O–H groups in total. The lowest BCUT2D eigenvalue weighted by atomic mass is 9.96. The Hall–Kier alpha value is -1.36. The molecule has 1 heterocycles. The molecule has 1 aromatic heterocycles. The number of nitrogens with two attached hydrogens (primary N) is 1. The smallest absolute Gasteiger partial charge is 0.217 e. The fraction of sp³-hybridized carbons (Fsp3) is 0.615. The number of carbonyl (C=O) groups is 1. The van der Waals surface area contributed by atoms with E-state index >= 15 is 0 Å². The van der Waals surface area contributed by atoms with Gasteiger partial charge in [-0.05, 0) is 12.8 Å². The van der Waals surface area contributed by atoms with Crippen LogP contribution in [0.4, 0.5) is 5.82 Å². The lowest BCUT2D eigenvalue weighted by molar-refractivity contribution is -0.118. The van der Waals surface area contributed by atoms with Gasteiger partial charge in [-0.3, -0.25) is 4.79 Å². The SMILES string of the molecule is CC(C)(C)c1nc(Cl)cc(NCCCCC(N)=O)n1. The van der Waals surface area contributed by atoms with Crippen molar-refractivity contribution < 1.29 is 4.79 Å². The van der Waals surface area contributed by atoms with E-state index in [-0.39, 0.29) is 11.3 Å². The minimum absolute atomic E-state index is 0.146. The van der Waals surface area contributed by atoms with Crippen LogP contribution >= 0.6 is 11.6 Å². The minimum Gasteiger partial charge on any atom is -0.370 e. The Balaban J connectivity index is 2.54. The lowest BCUT2D eigenvalue weighted by Crippen LogP contribution is -2.17. The van der Waals surface area contributed by atoms with Gasteiger partial charge in [0.25, 0.3) is 0 Å². The van der Waals surface area contributed by atoms with Crippen molar-refractivity contribution in [3.05, 3.63) is 17.0 Å². The molecule has 106 valence electrons. The van der Waals surface area contributed by atoms with Crippen LogP contribution in [0.5, 0.6) is 0 Å². The standard InChI is InChI=1S/C13H21ClN4O/c1-13(2,3)12-17-9(14)8-11(18-12)16-7-5-4-6-10(15)19/h8H,4-7H2,1-3H3,(H2,15,19)(H,16,17,18). The number of primary amides is 1. The minimum atomic E-state index is -0.264. The Labute approximate surface area is 119 Å². The third-order valence-corrected chi connectivity index (χ3v) is 2.72. The number of anilines is 1. The van der Waals surface area contributed by atoms with E-state index in [0.717, 1.165) is 19.4 Å². The van der Waals surface area contributed by atoms with Gasteiger partial charge in [-0.25, -0.2) is 9.97 Å². The molecule has 0 aliphatic carbocycles. The lowest BCUT2D eigenvalue weighted by Gasteiger charge is -2.17. The highest BCUT2D eigenvalue weighted by Gasteiger charge is 2.18. The van der Waals surface area contributed by atoms with Crippen molar-refractivity contribution in [3.63, 3.8) is 0 Å². The molecule has 0 aromatic carbocycles. The zero-order chi connectivity index (χ0) is 14.5. The monoisotopic (exact) mass is 284 g/mol. The van der Waals surface area contributed by atoms with E-state index in [0.29, 0.717) is 23.2 Å². The van der Waals surface area contributed by atoms with Gasteiger partial charge in [0.15, 0.2) is 0 Å². The summed E-state index contributed by atoms with van der Waals surface area (Å²) in [5.74, 6) is 1.16. The molecule has 0 unspecified atom stereocenters. The van der Waals surface area contributed by atoms with E-state index in [1.54, 1.807) is 6.07 Å². The molecule has 5 nitrogen and oxygen atoms in total. The number of nitrogens with one attached hydrogen (secondary N) is 1. The molecule has 0 spiro atoms. The number of carbonyl (C=O) groups excluding carboxylic acids is 1. The molecular formula is C13H21ClN4O. The van der Waals surface area contributed by atoms with Gasteiger partial charge in [0.1, 0.15) is 16.8 Å². The highest BCUT2D eigenvalue weighted by atomic mass is 35.5. The van der Waals surface area contributed by atoms with Crippen molar-refractivity contribution in [2.45, 2.75) is 45.4 Å². The van der Waals surface area contributed by atoms with Crippen LogP contribution in [0.2, 0.25) is 5.15 Å². The fourth-order valence-corrected chi connectivity index (χ4v) is 1.67. The van der Waals surface area contributed by atoms with Crippen molar-refractivity contribution in [3.8, 4) is 0 Å². The molecule has 0 fully saturated rings. The number of hydrogen-bond acceptors (Lipinski definition) is 4. The number of halogens is 1. The van der Waals surface area contributed by atoms with Crippen LogP contribution < -0.4 is 11.1 Å². The summed E-state index contributed by atoms with van der Waals surface area (Å²) in [7, 11) is 0. The Kier molecular flexibility index (Phi) is 5.54. The van der Waals surface area contributed by atoms with Crippen LogP contribution in [0.25, 0.3) is 0 Å². The zero-order valence-electron chi connectivity index (χ0n) is 11.7. The molecule has 0 atom stereocenters. The molecule has 1 amide bonds. The molecule has 0 aliphatic rings. The molecule has 0 saturated heterocycles. The normalized spacial score (nSPS) is 11.4. The first kappa shape index (κ1) is 15.7. The Morgan fingerprint density at radius 2 is 2.05 bits per heavy atom. The van der Waals surface area contributed by atoms with Crippen LogP contribution in [0.15, 0.2) is 6.07 Å². The predicted octanol–water partition coefficient (Wildman–Crippen LogP) is 2.49. The maximum absolute atomic E-state index is 10.6. The second-order valence-corrected chi connectivity index (χ2v) is 5.89. The fourth-order valence-electron chi connectivity index (χ4n) is 1.48. The van der Waals surface area contributed by atoms with Crippen LogP contribution in [0.3, 0.4) is 0 Å². The van der Waals surface area contributed by atoms with Gasteiger partial charge in [0, 0.05) is 24.4 Å². The van der Waals surface area contributed by atoms with Crippen molar-refractivity contribution in [1.82, 2.24) is 9.97 Å². The quantitative estimate of drug-likeness (QED) is 0.621.